The standard InChI is InChI=1S/C26H27FN4O4/c1-26(2,33)21-9-19-17(6-16(21)11-28)14-35-23-8-15(22(27)10-20(19)23)7-18(12-29)31-25(32)24-13-30-4-3-5-34-24/h6,8-10,18,24,30,33H,3-5,7,13-14H2,1-2H3,(H,31,32)/t18?,24-/m0/s1. The number of hydrogen-bond donors (Lipinski definition) is 3. The topological polar surface area (TPSA) is 127 Å². The predicted molar refractivity (Wildman–Crippen MR) is 125 cm³/mol. The minimum absolute atomic E-state index is 0.0417. The van der Waals surface area contributed by atoms with Crippen molar-refractivity contribution in [3.05, 3.63) is 52.3 Å². The molecule has 1 fully saturated rings. The van der Waals surface area contributed by atoms with Crippen molar-refractivity contribution in [2.45, 2.75) is 51.0 Å². The van der Waals surface area contributed by atoms with Gasteiger partial charge in [0, 0.05) is 30.7 Å². The molecule has 2 aliphatic heterocycles. The van der Waals surface area contributed by atoms with Crippen LogP contribution in [0.2, 0.25) is 0 Å². The van der Waals surface area contributed by atoms with Gasteiger partial charge in [0.25, 0.3) is 5.91 Å². The molecule has 3 N–H and O–H groups in total. The Morgan fingerprint density at radius 3 is 2.83 bits per heavy atom. The van der Waals surface area contributed by atoms with Gasteiger partial charge in [0.1, 0.15) is 30.3 Å². The highest BCUT2D eigenvalue weighted by Crippen LogP contribution is 2.41. The van der Waals surface area contributed by atoms with Crippen molar-refractivity contribution in [2.24, 2.45) is 0 Å². The molecule has 1 saturated heterocycles. The lowest BCUT2D eigenvalue weighted by atomic mass is 9.86. The molecule has 0 aliphatic carbocycles. The Morgan fingerprint density at radius 2 is 2.11 bits per heavy atom. The lowest BCUT2D eigenvalue weighted by molar-refractivity contribution is -0.132. The first-order chi connectivity index (χ1) is 16.7. The summed E-state index contributed by atoms with van der Waals surface area (Å²) in [4.78, 5) is 12.5. The van der Waals surface area contributed by atoms with Crippen molar-refractivity contribution in [2.75, 3.05) is 19.7 Å². The van der Waals surface area contributed by atoms with Gasteiger partial charge in [-0.25, -0.2) is 4.39 Å². The predicted octanol–water partition coefficient (Wildman–Crippen LogP) is 2.41. The molecule has 1 amide bonds. The van der Waals surface area contributed by atoms with Crippen molar-refractivity contribution in [3.8, 4) is 29.0 Å². The SMILES string of the molecule is CC(C)(O)c1cc2c(cc1C#N)COc1cc(CC(C#N)NC(=O)[C@@H]3CNCCCO3)c(F)cc1-2. The normalized spacial score (nSPS) is 18.1. The fourth-order valence-corrected chi connectivity index (χ4v) is 4.35. The summed E-state index contributed by atoms with van der Waals surface area (Å²) in [5, 5.41) is 35.4. The van der Waals surface area contributed by atoms with Crippen LogP contribution >= 0.6 is 0 Å². The van der Waals surface area contributed by atoms with E-state index >= 15 is 4.39 Å². The highest BCUT2D eigenvalue weighted by Gasteiger charge is 2.28. The molecule has 8 nitrogen and oxygen atoms in total. The number of carbonyl (C=O) groups excluding carboxylic acids is 1. The van der Waals surface area contributed by atoms with Crippen LogP contribution in [0.15, 0.2) is 24.3 Å². The summed E-state index contributed by atoms with van der Waals surface area (Å²) in [7, 11) is 0. The van der Waals surface area contributed by atoms with Gasteiger partial charge in [-0.2, -0.15) is 10.5 Å². The molecule has 0 aromatic heterocycles. The molecule has 0 radical (unpaired) electrons. The van der Waals surface area contributed by atoms with Crippen LogP contribution in [0.3, 0.4) is 0 Å². The Balaban J connectivity index is 1.59. The third kappa shape index (κ3) is 5.28. The summed E-state index contributed by atoms with van der Waals surface area (Å²) in [5.74, 6) is -0.530. The third-order valence-electron chi connectivity index (χ3n) is 6.18. The Hall–Kier alpha value is -3.50. The van der Waals surface area contributed by atoms with Crippen molar-refractivity contribution in [3.63, 3.8) is 0 Å². The third-order valence-corrected chi connectivity index (χ3v) is 6.18. The zero-order chi connectivity index (χ0) is 25.2. The summed E-state index contributed by atoms with van der Waals surface area (Å²) < 4.78 is 26.5. The summed E-state index contributed by atoms with van der Waals surface area (Å²) in [6.45, 7) is 4.91. The quantitative estimate of drug-likeness (QED) is 0.602. The molecule has 182 valence electrons. The summed E-state index contributed by atoms with van der Waals surface area (Å²) in [5.41, 5.74) is 1.64. The summed E-state index contributed by atoms with van der Waals surface area (Å²) >= 11 is 0. The van der Waals surface area contributed by atoms with Gasteiger partial charge in [-0.05, 0) is 67.8 Å². The van der Waals surface area contributed by atoms with Gasteiger partial charge in [-0.3, -0.25) is 4.79 Å². The van der Waals surface area contributed by atoms with Crippen LogP contribution in [0.5, 0.6) is 5.75 Å². The average molecular weight is 479 g/mol. The number of ether oxygens (including phenoxy) is 2. The molecular formula is C26H27FN4O4. The number of rotatable bonds is 5. The van der Waals surface area contributed by atoms with Crippen LogP contribution in [0, 0.1) is 28.5 Å². The molecular weight excluding hydrogens is 451 g/mol. The van der Waals surface area contributed by atoms with Crippen LogP contribution < -0.4 is 15.4 Å². The smallest absolute Gasteiger partial charge is 0.251 e. The molecule has 0 bridgehead atoms. The molecule has 2 aromatic carbocycles. The van der Waals surface area contributed by atoms with Gasteiger partial charge < -0.3 is 25.2 Å². The lowest BCUT2D eigenvalue weighted by Crippen LogP contribution is -2.46. The summed E-state index contributed by atoms with van der Waals surface area (Å²) in [6.07, 6.45) is 0.0502. The second-order valence-electron chi connectivity index (χ2n) is 9.27. The van der Waals surface area contributed by atoms with Crippen LogP contribution in [0.25, 0.3) is 11.1 Å². The maximum absolute atomic E-state index is 15.2. The molecule has 0 saturated carbocycles. The minimum Gasteiger partial charge on any atom is -0.488 e. The average Bonchev–Trinajstić information content (AvgIpc) is 3.12. The first-order valence-corrected chi connectivity index (χ1v) is 11.5. The lowest BCUT2D eigenvalue weighted by Gasteiger charge is -2.26. The van der Waals surface area contributed by atoms with Gasteiger partial charge in [0.05, 0.1) is 23.3 Å². The molecule has 9 heteroatoms. The maximum Gasteiger partial charge on any atom is 0.251 e. The van der Waals surface area contributed by atoms with Crippen LogP contribution in [0.1, 0.15) is 42.5 Å². The fourth-order valence-electron chi connectivity index (χ4n) is 4.35. The van der Waals surface area contributed by atoms with E-state index < -0.39 is 29.5 Å². The molecule has 2 aliphatic rings. The molecule has 2 heterocycles. The maximum atomic E-state index is 15.2. The zero-order valence-electron chi connectivity index (χ0n) is 19.7. The van der Waals surface area contributed by atoms with E-state index in [1.54, 1.807) is 26.0 Å². The number of nitrogens with one attached hydrogen (secondary N) is 2. The monoisotopic (exact) mass is 478 g/mol. The number of carbonyl (C=O) groups is 1. The van der Waals surface area contributed by atoms with E-state index in [1.807, 2.05) is 6.07 Å². The molecule has 2 aromatic rings. The fraction of sp³-hybridized carbons (Fsp3) is 0.423. The summed E-state index contributed by atoms with van der Waals surface area (Å²) in [6, 6.07) is 9.40. The number of fused-ring (bicyclic) bond motifs is 3. The number of nitriles is 2. The van der Waals surface area contributed by atoms with E-state index in [1.165, 1.54) is 12.1 Å². The Labute approximate surface area is 203 Å². The van der Waals surface area contributed by atoms with E-state index in [0.29, 0.717) is 46.7 Å². The molecule has 1 unspecified atom stereocenters. The van der Waals surface area contributed by atoms with Gasteiger partial charge >= 0.3 is 0 Å². The van der Waals surface area contributed by atoms with Crippen LogP contribution in [-0.4, -0.2) is 42.9 Å². The number of halogens is 1. The largest absolute Gasteiger partial charge is 0.488 e. The molecule has 4 rings (SSSR count). The van der Waals surface area contributed by atoms with E-state index in [-0.39, 0.29) is 18.6 Å². The van der Waals surface area contributed by atoms with Gasteiger partial charge in [-0.1, -0.05) is 0 Å². The van der Waals surface area contributed by atoms with Gasteiger partial charge in [0.15, 0.2) is 0 Å². The van der Waals surface area contributed by atoms with Crippen molar-refractivity contribution in [1.29, 1.82) is 10.5 Å². The van der Waals surface area contributed by atoms with Crippen molar-refractivity contribution >= 4 is 5.91 Å². The second kappa shape index (κ2) is 10.0. The van der Waals surface area contributed by atoms with Crippen molar-refractivity contribution < 1.29 is 23.8 Å². The van der Waals surface area contributed by atoms with E-state index in [9.17, 15) is 20.4 Å². The molecule has 0 spiro atoms. The highest BCUT2D eigenvalue weighted by molar-refractivity contribution is 5.82. The zero-order valence-corrected chi connectivity index (χ0v) is 19.7. The Morgan fingerprint density at radius 1 is 1.31 bits per heavy atom. The number of nitrogens with zero attached hydrogens (tertiary/aromatic N) is 2. The van der Waals surface area contributed by atoms with Crippen LogP contribution in [-0.2, 0) is 28.2 Å². The number of aliphatic hydroxyl groups is 1. The Bertz CT molecular complexity index is 1220. The first-order valence-electron chi connectivity index (χ1n) is 11.5. The number of benzene rings is 2. The minimum atomic E-state index is -1.26. The Kier molecular flexibility index (Phi) is 7.04. The van der Waals surface area contributed by atoms with Gasteiger partial charge in [0.2, 0.25) is 0 Å². The number of amides is 1. The van der Waals surface area contributed by atoms with E-state index in [0.717, 1.165) is 13.0 Å². The van der Waals surface area contributed by atoms with Crippen molar-refractivity contribution in [1.82, 2.24) is 10.6 Å². The van der Waals surface area contributed by atoms with E-state index in [4.69, 9.17) is 9.47 Å². The van der Waals surface area contributed by atoms with Crippen LogP contribution in [0.4, 0.5) is 4.39 Å². The number of hydrogen-bond acceptors (Lipinski definition) is 7. The highest BCUT2D eigenvalue weighted by atomic mass is 19.1. The van der Waals surface area contributed by atoms with Gasteiger partial charge in [-0.15, -0.1) is 0 Å². The molecule has 2 atom stereocenters. The second-order valence-corrected chi connectivity index (χ2v) is 9.27. The van der Waals surface area contributed by atoms with E-state index in [2.05, 4.69) is 16.7 Å². The first kappa shape index (κ1) is 24.6. The molecule has 35 heavy (non-hydrogen) atoms.